The minimum atomic E-state index is -3.06. The molecule has 1 heterocycles. The lowest BCUT2D eigenvalue weighted by Gasteiger charge is -2.36. The van der Waals surface area contributed by atoms with E-state index in [-0.39, 0.29) is 23.0 Å². The number of halogens is 2. The number of hydrogen-bond donors (Lipinski definition) is 1. The second-order valence-electron chi connectivity index (χ2n) is 5.73. The lowest BCUT2D eigenvalue weighted by Crippen LogP contribution is -2.49. The van der Waals surface area contributed by atoms with Gasteiger partial charge in [-0.25, -0.2) is 4.79 Å². The molecule has 1 saturated heterocycles. The van der Waals surface area contributed by atoms with Crippen LogP contribution in [0.1, 0.15) is 30.1 Å². The molecule has 132 valence electrons. The molecule has 1 aromatic carbocycles. The van der Waals surface area contributed by atoms with Crippen molar-refractivity contribution in [1.29, 1.82) is 0 Å². The number of methoxy groups -OCH3 is 1. The maximum absolute atomic E-state index is 12.6. The average molecular weight is 343 g/mol. The Hall–Kier alpha value is -2.38. The number of nitrogens with zero attached hydrogens (tertiary/aromatic N) is 1. The number of benzene rings is 1. The highest BCUT2D eigenvalue weighted by Gasteiger charge is 2.35. The van der Waals surface area contributed by atoms with Crippen LogP contribution in [0.3, 0.4) is 0 Å². The SMILES string of the molecule is COc1ccc(C(=O)N2CCC(C)CC2C(=O)O)cc1OC(F)F. The third-order valence-electron chi connectivity index (χ3n) is 4.04. The average Bonchev–Trinajstić information content (AvgIpc) is 2.53. The summed E-state index contributed by atoms with van der Waals surface area (Å²) in [7, 11) is 1.29. The van der Waals surface area contributed by atoms with Crippen molar-refractivity contribution < 1.29 is 33.0 Å². The Kier molecular flexibility index (Phi) is 5.58. The van der Waals surface area contributed by atoms with Gasteiger partial charge < -0.3 is 19.5 Å². The predicted octanol–water partition coefficient (Wildman–Crippen LogP) is 2.62. The Labute approximate surface area is 138 Å². The summed E-state index contributed by atoms with van der Waals surface area (Å²) in [4.78, 5) is 25.3. The van der Waals surface area contributed by atoms with E-state index in [4.69, 9.17) is 4.74 Å². The number of carbonyl (C=O) groups is 2. The van der Waals surface area contributed by atoms with Gasteiger partial charge in [0.25, 0.3) is 5.91 Å². The van der Waals surface area contributed by atoms with Crippen LogP contribution >= 0.6 is 0 Å². The molecule has 24 heavy (non-hydrogen) atoms. The van der Waals surface area contributed by atoms with Crippen molar-refractivity contribution in [2.45, 2.75) is 32.4 Å². The van der Waals surface area contributed by atoms with Crippen molar-refractivity contribution in [1.82, 2.24) is 4.90 Å². The second-order valence-corrected chi connectivity index (χ2v) is 5.73. The number of aliphatic carboxylic acids is 1. The fraction of sp³-hybridized carbons (Fsp3) is 0.500. The molecule has 1 amide bonds. The van der Waals surface area contributed by atoms with Crippen molar-refractivity contribution in [3.8, 4) is 11.5 Å². The summed E-state index contributed by atoms with van der Waals surface area (Å²) < 4.78 is 34.3. The Bertz CT molecular complexity index is 622. The number of piperidine rings is 1. The van der Waals surface area contributed by atoms with Gasteiger partial charge in [-0.05, 0) is 37.0 Å². The molecule has 0 aliphatic carbocycles. The molecule has 0 saturated carbocycles. The van der Waals surface area contributed by atoms with Gasteiger partial charge in [-0.3, -0.25) is 4.79 Å². The molecule has 1 aromatic rings. The van der Waals surface area contributed by atoms with Crippen LogP contribution < -0.4 is 9.47 Å². The smallest absolute Gasteiger partial charge is 0.387 e. The minimum Gasteiger partial charge on any atom is -0.493 e. The number of carbonyl (C=O) groups excluding carboxylic acids is 1. The molecule has 0 spiro atoms. The van der Waals surface area contributed by atoms with E-state index in [1.807, 2.05) is 6.92 Å². The van der Waals surface area contributed by atoms with Crippen LogP contribution in [-0.4, -0.2) is 48.2 Å². The number of amides is 1. The quantitative estimate of drug-likeness (QED) is 0.889. The van der Waals surface area contributed by atoms with Crippen molar-refractivity contribution in [2.24, 2.45) is 5.92 Å². The number of likely N-dealkylation sites (tertiary alicyclic amines) is 1. The number of ether oxygens (including phenoxy) is 2. The molecule has 0 aromatic heterocycles. The van der Waals surface area contributed by atoms with Crippen LogP contribution in [0.2, 0.25) is 0 Å². The standard InChI is InChI=1S/C16H19F2NO5/c1-9-5-6-19(11(7-9)15(21)22)14(20)10-3-4-12(23-2)13(8-10)24-16(17)18/h3-4,8-9,11,16H,5-7H2,1-2H3,(H,21,22). The van der Waals surface area contributed by atoms with Gasteiger partial charge in [-0.2, -0.15) is 8.78 Å². The van der Waals surface area contributed by atoms with Crippen LogP contribution in [0.15, 0.2) is 18.2 Å². The Morgan fingerprint density at radius 2 is 2.04 bits per heavy atom. The molecule has 1 fully saturated rings. The van der Waals surface area contributed by atoms with Crippen LogP contribution in [0.25, 0.3) is 0 Å². The highest BCUT2D eigenvalue weighted by atomic mass is 19.3. The first-order chi connectivity index (χ1) is 11.3. The van der Waals surface area contributed by atoms with Crippen molar-refractivity contribution in [3.05, 3.63) is 23.8 Å². The van der Waals surface area contributed by atoms with E-state index in [9.17, 15) is 23.5 Å². The van der Waals surface area contributed by atoms with E-state index in [0.717, 1.165) is 6.07 Å². The molecule has 6 nitrogen and oxygen atoms in total. The zero-order valence-corrected chi connectivity index (χ0v) is 13.4. The second kappa shape index (κ2) is 7.46. The largest absolute Gasteiger partial charge is 0.493 e. The van der Waals surface area contributed by atoms with Gasteiger partial charge in [0.1, 0.15) is 6.04 Å². The maximum Gasteiger partial charge on any atom is 0.387 e. The van der Waals surface area contributed by atoms with Gasteiger partial charge in [-0.15, -0.1) is 0 Å². The first kappa shape index (κ1) is 18.0. The predicted molar refractivity (Wildman–Crippen MR) is 80.5 cm³/mol. The molecule has 0 bridgehead atoms. The van der Waals surface area contributed by atoms with E-state index >= 15 is 0 Å². The molecule has 2 rings (SSSR count). The molecular weight excluding hydrogens is 324 g/mol. The summed E-state index contributed by atoms with van der Waals surface area (Å²) >= 11 is 0. The fourth-order valence-corrected chi connectivity index (χ4v) is 2.78. The van der Waals surface area contributed by atoms with Gasteiger partial charge in [0.15, 0.2) is 11.5 Å². The first-order valence-electron chi connectivity index (χ1n) is 7.50. The van der Waals surface area contributed by atoms with Gasteiger partial charge in [-0.1, -0.05) is 6.92 Å². The van der Waals surface area contributed by atoms with Gasteiger partial charge in [0.2, 0.25) is 0 Å². The number of alkyl halides is 2. The number of rotatable bonds is 5. The number of hydrogen-bond acceptors (Lipinski definition) is 4. The van der Waals surface area contributed by atoms with E-state index in [1.165, 1.54) is 24.1 Å². The molecular formula is C16H19F2NO5. The summed E-state index contributed by atoms with van der Waals surface area (Å²) in [6.07, 6.45) is 1.05. The Morgan fingerprint density at radius 1 is 1.33 bits per heavy atom. The van der Waals surface area contributed by atoms with Crippen LogP contribution in [0, 0.1) is 5.92 Å². The maximum atomic E-state index is 12.6. The van der Waals surface area contributed by atoms with E-state index in [1.54, 1.807) is 0 Å². The number of carboxylic acid groups (broad SMARTS) is 1. The zero-order chi connectivity index (χ0) is 17.9. The molecule has 1 aliphatic rings. The summed E-state index contributed by atoms with van der Waals surface area (Å²) in [6, 6.07) is 2.95. The monoisotopic (exact) mass is 343 g/mol. The lowest BCUT2D eigenvalue weighted by atomic mass is 9.92. The lowest BCUT2D eigenvalue weighted by molar-refractivity contribution is -0.144. The van der Waals surface area contributed by atoms with Crippen molar-refractivity contribution in [3.63, 3.8) is 0 Å². The van der Waals surface area contributed by atoms with Crippen molar-refractivity contribution >= 4 is 11.9 Å². The van der Waals surface area contributed by atoms with Crippen LogP contribution in [-0.2, 0) is 4.79 Å². The van der Waals surface area contributed by atoms with E-state index in [0.29, 0.717) is 19.4 Å². The molecule has 0 radical (unpaired) electrons. The molecule has 1 aliphatic heterocycles. The van der Waals surface area contributed by atoms with Crippen LogP contribution in [0.5, 0.6) is 11.5 Å². The summed E-state index contributed by atoms with van der Waals surface area (Å²) in [5, 5.41) is 9.34. The normalized spacial score (nSPS) is 20.8. The summed E-state index contributed by atoms with van der Waals surface area (Å²) in [5.74, 6) is -1.61. The van der Waals surface area contributed by atoms with E-state index in [2.05, 4.69) is 4.74 Å². The number of carboxylic acids is 1. The molecule has 2 atom stereocenters. The van der Waals surface area contributed by atoms with Gasteiger partial charge in [0, 0.05) is 12.1 Å². The molecule has 1 N–H and O–H groups in total. The molecule has 2 unspecified atom stereocenters. The first-order valence-corrected chi connectivity index (χ1v) is 7.50. The van der Waals surface area contributed by atoms with Crippen molar-refractivity contribution in [2.75, 3.05) is 13.7 Å². The van der Waals surface area contributed by atoms with Gasteiger partial charge >= 0.3 is 12.6 Å². The highest BCUT2D eigenvalue weighted by molar-refractivity contribution is 5.97. The minimum absolute atomic E-state index is 0.0638. The third-order valence-corrected chi connectivity index (χ3v) is 4.04. The fourth-order valence-electron chi connectivity index (χ4n) is 2.78. The zero-order valence-electron chi connectivity index (χ0n) is 13.4. The topological polar surface area (TPSA) is 76.1 Å². The van der Waals surface area contributed by atoms with Gasteiger partial charge in [0.05, 0.1) is 7.11 Å². The summed E-state index contributed by atoms with van der Waals surface area (Å²) in [5.41, 5.74) is 0.0762. The molecule has 8 heteroatoms. The van der Waals surface area contributed by atoms with Crippen LogP contribution in [0.4, 0.5) is 8.78 Å². The third kappa shape index (κ3) is 3.93. The Morgan fingerprint density at radius 3 is 2.62 bits per heavy atom. The Balaban J connectivity index is 2.29. The van der Waals surface area contributed by atoms with E-state index < -0.39 is 24.5 Å². The summed E-state index contributed by atoms with van der Waals surface area (Å²) in [6.45, 7) is -0.833. The highest BCUT2D eigenvalue weighted by Crippen LogP contribution is 2.31.